The van der Waals surface area contributed by atoms with Crippen LogP contribution in [0.5, 0.6) is 0 Å². The van der Waals surface area contributed by atoms with Crippen molar-refractivity contribution in [1.82, 2.24) is 0 Å². The van der Waals surface area contributed by atoms with E-state index in [4.69, 9.17) is 9.73 Å². The Morgan fingerprint density at radius 1 is 1.43 bits per heavy atom. The first-order chi connectivity index (χ1) is 10.9. The Balaban J connectivity index is 2.35. The Kier molecular flexibility index (Phi) is 5.69. The van der Waals surface area contributed by atoms with Crippen LogP contribution in [-0.2, 0) is 9.53 Å². The van der Waals surface area contributed by atoms with E-state index in [0.29, 0.717) is 12.0 Å². The molecule has 0 spiro atoms. The first-order valence-electron chi connectivity index (χ1n) is 8.04. The molecule has 0 fully saturated rings. The number of allylic oxidation sites excluding steroid dienone is 1. The highest BCUT2D eigenvalue weighted by Crippen LogP contribution is 2.29. The summed E-state index contributed by atoms with van der Waals surface area (Å²) >= 11 is 0. The van der Waals surface area contributed by atoms with Crippen molar-refractivity contribution in [2.75, 3.05) is 7.11 Å². The fourth-order valence-electron chi connectivity index (χ4n) is 2.92. The highest BCUT2D eigenvalue weighted by atomic mass is 19.1. The second-order valence-electron chi connectivity index (χ2n) is 6.30. The lowest BCUT2D eigenvalue weighted by Gasteiger charge is -2.19. The van der Waals surface area contributed by atoms with Gasteiger partial charge in [0.2, 0.25) is 0 Å². The van der Waals surface area contributed by atoms with Crippen molar-refractivity contribution in [3.8, 4) is 0 Å². The molecule has 1 aliphatic rings. The summed E-state index contributed by atoms with van der Waals surface area (Å²) in [5, 5.41) is 0. The van der Waals surface area contributed by atoms with Crippen LogP contribution in [0.2, 0.25) is 0 Å². The largest absolute Gasteiger partial charge is 0.469 e. The van der Waals surface area contributed by atoms with E-state index in [-0.39, 0.29) is 23.6 Å². The van der Waals surface area contributed by atoms with Gasteiger partial charge in [0, 0.05) is 17.2 Å². The summed E-state index contributed by atoms with van der Waals surface area (Å²) in [6.45, 7) is 5.92. The van der Waals surface area contributed by atoms with Crippen LogP contribution >= 0.6 is 0 Å². The van der Waals surface area contributed by atoms with Gasteiger partial charge in [0.15, 0.2) is 0 Å². The van der Waals surface area contributed by atoms with Crippen LogP contribution in [0.25, 0.3) is 5.70 Å². The monoisotopic (exact) mass is 317 g/mol. The molecule has 1 aliphatic heterocycles. The first-order valence-corrected chi connectivity index (χ1v) is 8.04. The molecule has 1 atom stereocenters. The second-order valence-corrected chi connectivity index (χ2v) is 6.30. The van der Waals surface area contributed by atoms with E-state index in [1.54, 1.807) is 13.0 Å². The van der Waals surface area contributed by atoms with E-state index in [1.165, 1.54) is 13.2 Å². The molecule has 0 bridgehead atoms. The predicted octanol–water partition coefficient (Wildman–Crippen LogP) is 4.55. The molecule has 1 aromatic rings. The van der Waals surface area contributed by atoms with Crippen molar-refractivity contribution >= 4 is 17.4 Å². The molecule has 0 radical (unpaired) electrons. The van der Waals surface area contributed by atoms with Gasteiger partial charge in [-0.2, -0.15) is 0 Å². The van der Waals surface area contributed by atoms with Gasteiger partial charge in [-0.3, -0.25) is 9.79 Å². The Hall–Kier alpha value is -1.97. The Morgan fingerprint density at radius 3 is 2.78 bits per heavy atom. The van der Waals surface area contributed by atoms with Crippen molar-refractivity contribution in [1.29, 1.82) is 0 Å². The van der Waals surface area contributed by atoms with Crippen molar-refractivity contribution in [2.24, 2.45) is 16.8 Å². The average molecular weight is 317 g/mol. The minimum absolute atomic E-state index is 0.0951. The Labute approximate surface area is 137 Å². The topological polar surface area (TPSA) is 38.7 Å². The minimum atomic E-state index is -0.209. The third-order valence-electron chi connectivity index (χ3n) is 4.21. The maximum Gasteiger partial charge on any atom is 0.306 e. The number of nitrogens with zero attached hydrogens (tertiary/aromatic N) is 1. The van der Waals surface area contributed by atoms with Crippen LogP contribution in [-0.4, -0.2) is 18.8 Å². The zero-order valence-corrected chi connectivity index (χ0v) is 14.2. The number of halogens is 1. The number of ether oxygens (including phenoxy) is 1. The standard InChI is InChI=1S/C19H24FNO2/c1-12(2)19-15(11-18(22)23-4)6-5-7-17(21-19)14-8-9-16(20)13(3)10-14/h7-10,12,15H,5-6,11H2,1-4H3. The van der Waals surface area contributed by atoms with Crippen LogP contribution in [0.1, 0.15) is 44.2 Å². The fraction of sp³-hybridized carbons (Fsp3) is 0.474. The minimum Gasteiger partial charge on any atom is -0.469 e. The molecule has 2 rings (SSSR count). The normalized spacial score (nSPS) is 18.3. The number of methoxy groups -OCH3 is 1. The molecule has 0 amide bonds. The maximum absolute atomic E-state index is 13.5. The highest BCUT2D eigenvalue weighted by molar-refractivity contribution is 5.95. The van der Waals surface area contributed by atoms with Crippen molar-refractivity contribution in [3.05, 3.63) is 41.2 Å². The van der Waals surface area contributed by atoms with Gasteiger partial charge in [-0.1, -0.05) is 19.9 Å². The number of carbonyl (C=O) groups is 1. The zero-order valence-electron chi connectivity index (χ0n) is 14.2. The predicted molar refractivity (Wildman–Crippen MR) is 90.7 cm³/mol. The number of aliphatic imine (C=N–C) groups is 1. The van der Waals surface area contributed by atoms with Gasteiger partial charge in [-0.25, -0.2) is 4.39 Å². The van der Waals surface area contributed by atoms with Gasteiger partial charge in [0.1, 0.15) is 5.82 Å². The van der Waals surface area contributed by atoms with Crippen LogP contribution in [0.4, 0.5) is 4.39 Å². The van der Waals surface area contributed by atoms with Crippen LogP contribution in [0.3, 0.4) is 0 Å². The average Bonchev–Trinajstić information content (AvgIpc) is 2.72. The number of rotatable bonds is 4. The molecule has 3 nitrogen and oxygen atoms in total. The van der Waals surface area contributed by atoms with Crippen LogP contribution < -0.4 is 0 Å². The zero-order chi connectivity index (χ0) is 17.0. The van der Waals surface area contributed by atoms with E-state index < -0.39 is 0 Å². The molecule has 0 aromatic heterocycles. The third kappa shape index (κ3) is 4.27. The smallest absolute Gasteiger partial charge is 0.306 e. The Morgan fingerprint density at radius 2 is 2.17 bits per heavy atom. The number of hydrogen-bond acceptors (Lipinski definition) is 3. The lowest BCUT2D eigenvalue weighted by Crippen LogP contribution is -2.23. The fourth-order valence-corrected chi connectivity index (χ4v) is 2.92. The molecular formula is C19H24FNO2. The summed E-state index contributed by atoms with van der Waals surface area (Å²) in [6, 6.07) is 5.06. The van der Waals surface area contributed by atoms with E-state index in [2.05, 4.69) is 19.9 Å². The van der Waals surface area contributed by atoms with Crippen molar-refractivity contribution in [2.45, 2.75) is 40.0 Å². The molecule has 1 aromatic carbocycles. The van der Waals surface area contributed by atoms with Gasteiger partial charge in [0.25, 0.3) is 0 Å². The third-order valence-corrected chi connectivity index (χ3v) is 4.21. The van der Waals surface area contributed by atoms with Crippen LogP contribution in [0.15, 0.2) is 29.3 Å². The SMILES string of the molecule is COC(=O)CC1CCC=C(c2ccc(F)c(C)c2)N=C1C(C)C. The van der Waals surface area contributed by atoms with E-state index in [9.17, 15) is 9.18 Å². The van der Waals surface area contributed by atoms with Crippen molar-refractivity contribution < 1.29 is 13.9 Å². The molecule has 1 unspecified atom stereocenters. The highest BCUT2D eigenvalue weighted by Gasteiger charge is 2.24. The molecule has 0 saturated carbocycles. The van der Waals surface area contributed by atoms with E-state index in [0.717, 1.165) is 29.8 Å². The summed E-state index contributed by atoms with van der Waals surface area (Å²) in [5.41, 5.74) is 3.41. The number of carbonyl (C=O) groups excluding carboxylic acids is 1. The Bertz CT molecular complexity index is 647. The summed E-state index contributed by atoms with van der Waals surface area (Å²) < 4.78 is 18.3. The van der Waals surface area contributed by atoms with E-state index >= 15 is 0 Å². The van der Waals surface area contributed by atoms with Gasteiger partial charge in [0.05, 0.1) is 19.2 Å². The van der Waals surface area contributed by atoms with Crippen molar-refractivity contribution in [3.63, 3.8) is 0 Å². The lowest BCUT2D eigenvalue weighted by atomic mass is 9.88. The summed E-state index contributed by atoms with van der Waals surface area (Å²) in [4.78, 5) is 16.5. The number of esters is 1. The van der Waals surface area contributed by atoms with Gasteiger partial charge < -0.3 is 4.74 Å². The first kappa shape index (κ1) is 17.4. The quantitative estimate of drug-likeness (QED) is 0.764. The molecule has 0 saturated heterocycles. The van der Waals surface area contributed by atoms with Crippen LogP contribution in [0, 0.1) is 24.6 Å². The van der Waals surface area contributed by atoms with Gasteiger partial charge in [-0.05, 0) is 49.4 Å². The molecule has 23 heavy (non-hydrogen) atoms. The molecule has 124 valence electrons. The summed E-state index contributed by atoms with van der Waals surface area (Å²) in [5.74, 6) is -0.0746. The summed E-state index contributed by atoms with van der Waals surface area (Å²) in [7, 11) is 1.41. The molecule has 4 heteroatoms. The second kappa shape index (κ2) is 7.53. The molecule has 0 N–H and O–H groups in total. The molecule has 0 aliphatic carbocycles. The number of benzene rings is 1. The number of aryl methyl sites for hydroxylation is 1. The molecule has 1 heterocycles. The van der Waals surface area contributed by atoms with Gasteiger partial charge in [-0.15, -0.1) is 0 Å². The summed E-state index contributed by atoms with van der Waals surface area (Å²) in [6.07, 6.45) is 4.15. The number of hydrogen-bond donors (Lipinski definition) is 0. The van der Waals surface area contributed by atoms with E-state index in [1.807, 2.05) is 6.07 Å². The van der Waals surface area contributed by atoms with Gasteiger partial charge >= 0.3 is 5.97 Å². The molecular weight excluding hydrogens is 293 g/mol. The lowest BCUT2D eigenvalue weighted by molar-refractivity contribution is -0.141. The maximum atomic E-state index is 13.5.